The van der Waals surface area contributed by atoms with Gasteiger partial charge in [0.25, 0.3) is 0 Å². The van der Waals surface area contributed by atoms with Crippen molar-refractivity contribution >= 4 is 0 Å². The Labute approximate surface area is 95.3 Å². The summed E-state index contributed by atoms with van der Waals surface area (Å²) in [4.78, 5) is 4.40. The quantitative estimate of drug-likeness (QED) is 0.690. The summed E-state index contributed by atoms with van der Waals surface area (Å²) in [5, 5.41) is 21.4. The van der Waals surface area contributed by atoms with Gasteiger partial charge in [0.05, 0.1) is 31.0 Å². The zero-order valence-corrected chi connectivity index (χ0v) is 9.26. The van der Waals surface area contributed by atoms with Crippen molar-refractivity contribution in [2.75, 3.05) is 13.2 Å². The lowest BCUT2D eigenvalue weighted by atomic mass is 9.91. The summed E-state index contributed by atoms with van der Waals surface area (Å²) in [5.74, 6) is 0. The van der Waals surface area contributed by atoms with Gasteiger partial charge in [0, 0.05) is 6.20 Å². The molecule has 3 N–H and O–H groups in total. The van der Waals surface area contributed by atoms with Crippen LogP contribution in [0.5, 0.6) is 0 Å². The first kappa shape index (κ1) is 11.5. The molecule has 1 aromatic heterocycles. The monoisotopic (exact) mass is 222 g/mol. The van der Waals surface area contributed by atoms with Crippen molar-refractivity contribution in [1.82, 2.24) is 10.3 Å². The van der Waals surface area contributed by atoms with E-state index in [9.17, 15) is 0 Å². The van der Waals surface area contributed by atoms with Crippen molar-refractivity contribution in [2.45, 2.75) is 31.3 Å². The Morgan fingerprint density at radius 3 is 3.00 bits per heavy atom. The molecule has 0 saturated heterocycles. The Hall–Kier alpha value is -0.970. The minimum Gasteiger partial charge on any atom is -0.395 e. The van der Waals surface area contributed by atoms with Gasteiger partial charge in [0.15, 0.2) is 0 Å². The minimum atomic E-state index is -0.252. The molecule has 2 rings (SSSR count). The SMILES string of the molecule is OCC(CO)NC1CCCc2cccnc21. The van der Waals surface area contributed by atoms with Gasteiger partial charge in [-0.2, -0.15) is 0 Å². The summed E-state index contributed by atoms with van der Waals surface area (Å²) in [6, 6.07) is 3.96. The maximum absolute atomic E-state index is 9.06. The maximum atomic E-state index is 9.06. The van der Waals surface area contributed by atoms with Gasteiger partial charge < -0.3 is 15.5 Å². The molecule has 4 heteroatoms. The summed E-state index contributed by atoms with van der Waals surface area (Å²) in [7, 11) is 0. The van der Waals surface area contributed by atoms with Gasteiger partial charge in [0.1, 0.15) is 0 Å². The summed E-state index contributed by atoms with van der Waals surface area (Å²) in [6.07, 6.45) is 5.01. The van der Waals surface area contributed by atoms with Crippen LogP contribution < -0.4 is 5.32 Å². The first-order valence-corrected chi connectivity index (χ1v) is 5.76. The molecule has 0 radical (unpaired) electrons. The van der Waals surface area contributed by atoms with Crippen molar-refractivity contribution in [3.8, 4) is 0 Å². The normalized spacial score (nSPS) is 19.8. The number of nitrogens with zero attached hydrogens (tertiary/aromatic N) is 1. The van der Waals surface area contributed by atoms with Gasteiger partial charge in [-0.3, -0.25) is 4.98 Å². The lowest BCUT2D eigenvalue weighted by Crippen LogP contribution is -2.40. The molecule has 4 nitrogen and oxygen atoms in total. The highest BCUT2D eigenvalue weighted by atomic mass is 16.3. The molecule has 0 bridgehead atoms. The van der Waals surface area contributed by atoms with Gasteiger partial charge in [-0.15, -0.1) is 0 Å². The van der Waals surface area contributed by atoms with E-state index < -0.39 is 0 Å². The van der Waals surface area contributed by atoms with Crippen LogP contribution in [0.25, 0.3) is 0 Å². The summed E-state index contributed by atoms with van der Waals surface area (Å²) < 4.78 is 0. The third-order valence-corrected chi connectivity index (χ3v) is 3.07. The van der Waals surface area contributed by atoms with Gasteiger partial charge in [-0.1, -0.05) is 6.07 Å². The first-order valence-electron chi connectivity index (χ1n) is 5.76. The van der Waals surface area contributed by atoms with Crippen molar-refractivity contribution in [3.63, 3.8) is 0 Å². The minimum absolute atomic E-state index is 0.0465. The average Bonchev–Trinajstić information content (AvgIpc) is 2.36. The second kappa shape index (κ2) is 5.39. The smallest absolute Gasteiger partial charge is 0.0607 e. The first-order chi connectivity index (χ1) is 7.85. The maximum Gasteiger partial charge on any atom is 0.0607 e. The fourth-order valence-electron chi connectivity index (χ4n) is 2.22. The molecule has 88 valence electrons. The van der Waals surface area contributed by atoms with Gasteiger partial charge in [-0.25, -0.2) is 0 Å². The molecule has 1 heterocycles. The number of hydrogen-bond donors (Lipinski definition) is 3. The molecule has 1 aliphatic carbocycles. The molecule has 1 atom stereocenters. The molecular formula is C12H18N2O2. The number of aromatic nitrogens is 1. The van der Waals surface area contributed by atoms with Gasteiger partial charge >= 0.3 is 0 Å². The molecule has 0 aliphatic heterocycles. The van der Waals surface area contributed by atoms with E-state index in [1.165, 1.54) is 5.56 Å². The largest absolute Gasteiger partial charge is 0.395 e. The molecule has 0 amide bonds. The zero-order chi connectivity index (χ0) is 11.4. The second-order valence-electron chi connectivity index (χ2n) is 4.22. The Kier molecular flexibility index (Phi) is 3.88. The van der Waals surface area contributed by atoms with Crippen LogP contribution in [0.15, 0.2) is 18.3 Å². The van der Waals surface area contributed by atoms with Crippen molar-refractivity contribution in [1.29, 1.82) is 0 Å². The number of aliphatic hydroxyl groups is 2. The summed E-state index contributed by atoms with van der Waals surface area (Å²) >= 11 is 0. The molecule has 1 aromatic rings. The standard InChI is InChI=1S/C12H18N2O2/c15-7-10(8-16)14-11-5-1-3-9-4-2-6-13-12(9)11/h2,4,6,10-11,14-16H,1,3,5,7-8H2. The van der Waals surface area contributed by atoms with E-state index in [0.717, 1.165) is 25.0 Å². The number of fused-ring (bicyclic) bond motifs is 1. The van der Waals surface area contributed by atoms with E-state index >= 15 is 0 Å². The lowest BCUT2D eigenvalue weighted by molar-refractivity contribution is 0.158. The fraction of sp³-hybridized carbons (Fsp3) is 0.583. The van der Waals surface area contributed by atoms with Crippen LogP contribution >= 0.6 is 0 Å². The van der Waals surface area contributed by atoms with Crippen LogP contribution in [0.2, 0.25) is 0 Å². The van der Waals surface area contributed by atoms with Crippen molar-refractivity contribution in [3.05, 3.63) is 29.6 Å². The van der Waals surface area contributed by atoms with E-state index in [2.05, 4.69) is 16.4 Å². The highest BCUT2D eigenvalue weighted by molar-refractivity contribution is 5.25. The van der Waals surface area contributed by atoms with Crippen molar-refractivity contribution < 1.29 is 10.2 Å². The Morgan fingerprint density at radius 2 is 2.25 bits per heavy atom. The van der Waals surface area contributed by atoms with Crippen LogP contribution in [-0.4, -0.2) is 34.5 Å². The van der Waals surface area contributed by atoms with Crippen LogP contribution in [0.1, 0.15) is 30.1 Å². The third kappa shape index (κ3) is 2.40. The van der Waals surface area contributed by atoms with Crippen LogP contribution in [0.4, 0.5) is 0 Å². The number of pyridine rings is 1. The highest BCUT2D eigenvalue weighted by Crippen LogP contribution is 2.27. The van der Waals surface area contributed by atoms with E-state index in [1.807, 2.05) is 6.07 Å². The number of aliphatic hydroxyl groups excluding tert-OH is 2. The topological polar surface area (TPSA) is 65.4 Å². The number of rotatable bonds is 4. The fourth-order valence-corrected chi connectivity index (χ4v) is 2.22. The number of nitrogens with one attached hydrogen (secondary N) is 1. The van der Waals surface area contributed by atoms with E-state index in [1.54, 1.807) is 6.20 Å². The van der Waals surface area contributed by atoms with E-state index in [-0.39, 0.29) is 25.3 Å². The van der Waals surface area contributed by atoms with Crippen LogP contribution in [0, 0.1) is 0 Å². The molecule has 1 aliphatic rings. The van der Waals surface area contributed by atoms with Gasteiger partial charge in [-0.05, 0) is 30.9 Å². The van der Waals surface area contributed by atoms with Crippen LogP contribution in [-0.2, 0) is 6.42 Å². The molecule has 0 fully saturated rings. The Morgan fingerprint density at radius 1 is 1.44 bits per heavy atom. The second-order valence-corrected chi connectivity index (χ2v) is 4.22. The predicted molar refractivity (Wildman–Crippen MR) is 61.0 cm³/mol. The highest BCUT2D eigenvalue weighted by Gasteiger charge is 2.23. The van der Waals surface area contributed by atoms with Crippen LogP contribution in [0.3, 0.4) is 0 Å². The lowest BCUT2D eigenvalue weighted by Gasteiger charge is -2.28. The molecular weight excluding hydrogens is 204 g/mol. The van der Waals surface area contributed by atoms with E-state index in [4.69, 9.17) is 10.2 Å². The number of aryl methyl sites for hydroxylation is 1. The predicted octanol–water partition coefficient (Wildman–Crippen LogP) is 0.402. The van der Waals surface area contributed by atoms with Crippen molar-refractivity contribution in [2.24, 2.45) is 0 Å². The Balaban J connectivity index is 2.12. The molecule has 16 heavy (non-hydrogen) atoms. The molecule has 0 saturated carbocycles. The van der Waals surface area contributed by atoms with E-state index in [0.29, 0.717) is 0 Å². The molecule has 0 aromatic carbocycles. The summed E-state index contributed by atoms with van der Waals surface area (Å²) in [6.45, 7) is -0.0929. The Bertz CT molecular complexity index is 340. The molecule has 0 spiro atoms. The number of hydrogen-bond acceptors (Lipinski definition) is 4. The summed E-state index contributed by atoms with van der Waals surface area (Å²) in [5.41, 5.74) is 2.35. The molecule has 1 unspecified atom stereocenters. The zero-order valence-electron chi connectivity index (χ0n) is 9.26. The third-order valence-electron chi connectivity index (χ3n) is 3.07. The van der Waals surface area contributed by atoms with Gasteiger partial charge in [0.2, 0.25) is 0 Å². The average molecular weight is 222 g/mol.